The zero-order chi connectivity index (χ0) is 18.8. The number of halogens is 2. The topological polar surface area (TPSA) is 49.9 Å². The van der Waals surface area contributed by atoms with Gasteiger partial charge in [0.25, 0.3) is 5.91 Å². The fourth-order valence-electron chi connectivity index (χ4n) is 3.07. The SMILES string of the molecule is COc1ccccc1N1C(=O)CC(N(C)Cc2c(F)cccc2Cl)C1=O. The molecule has 1 fully saturated rings. The Balaban J connectivity index is 1.84. The van der Waals surface area contributed by atoms with Crippen LogP contribution in [-0.4, -0.2) is 36.9 Å². The molecule has 3 rings (SSSR count). The molecular formula is C19H18ClFN2O3. The van der Waals surface area contributed by atoms with Crippen LogP contribution in [0.3, 0.4) is 0 Å². The molecular weight excluding hydrogens is 359 g/mol. The molecule has 2 aromatic carbocycles. The van der Waals surface area contributed by atoms with Crippen molar-refractivity contribution < 1.29 is 18.7 Å². The first kappa shape index (κ1) is 18.4. The lowest BCUT2D eigenvalue weighted by Crippen LogP contribution is -2.40. The summed E-state index contributed by atoms with van der Waals surface area (Å²) in [6.07, 6.45) is 0.0133. The maximum absolute atomic E-state index is 14.0. The number of hydrogen-bond donors (Lipinski definition) is 0. The van der Waals surface area contributed by atoms with Gasteiger partial charge in [0.15, 0.2) is 0 Å². The molecule has 1 saturated heterocycles. The summed E-state index contributed by atoms with van der Waals surface area (Å²) >= 11 is 6.06. The number of methoxy groups -OCH3 is 1. The summed E-state index contributed by atoms with van der Waals surface area (Å²) in [6.45, 7) is 0.120. The number of benzene rings is 2. The fourth-order valence-corrected chi connectivity index (χ4v) is 3.29. The third-order valence-corrected chi connectivity index (χ3v) is 4.80. The van der Waals surface area contributed by atoms with E-state index in [4.69, 9.17) is 16.3 Å². The number of likely N-dealkylation sites (N-methyl/N-ethyl adjacent to an activating group) is 1. The Kier molecular flexibility index (Phi) is 5.25. The molecule has 1 heterocycles. The van der Waals surface area contributed by atoms with E-state index in [1.807, 2.05) is 0 Å². The van der Waals surface area contributed by atoms with Crippen molar-refractivity contribution in [3.8, 4) is 5.75 Å². The number of anilines is 1. The molecule has 0 radical (unpaired) electrons. The van der Waals surface area contributed by atoms with E-state index in [1.54, 1.807) is 42.3 Å². The van der Waals surface area contributed by atoms with Crippen LogP contribution in [0.5, 0.6) is 5.75 Å². The van der Waals surface area contributed by atoms with Gasteiger partial charge in [-0.25, -0.2) is 9.29 Å². The van der Waals surface area contributed by atoms with Gasteiger partial charge in [0.1, 0.15) is 11.6 Å². The number of ether oxygens (including phenoxy) is 1. The minimum absolute atomic E-state index is 0.0133. The van der Waals surface area contributed by atoms with Gasteiger partial charge in [0.2, 0.25) is 5.91 Å². The van der Waals surface area contributed by atoms with Crippen molar-refractivity contribution in [3.63, 3.8) is 0 Å². The lowest BCUT2D eigenvalue weighted by atomic mass is 10.1. The van der Waals surface area contributed by atoms with Crippen molar-refractivity contribution in [2.75, 3.05) is 19.1 Å². The van der Waals surface area contributed by atoms with E-state index in [0.717, 1.165) is 4.90 Å². The van der Waals surface area contributed by atoms with Gasteiger partial charge in [-0.2, -0.15) is 0 Å². The molecule has 0 bridgehead atoms. The normalized spacial score (nSPS) is 17.3. The Bertz CT molecular complexity index is 838. The summed E-state index contributed by atoms with van der Waals surface area (Å²) in [6, 6.07) is 10.6. The first-order valence-electron chi connectivity index (χ1n) is 8.07. The number of rotatable bonds is 5. The molecule has 1 unspecified atom stereocenters. The van der Waals surface area contributed by atoms with E-state index in [0.29, 0.717) is 17.0 Å². The Morgan fingerprint density at radius 2 is 1.96 bits per heavy atom. The number of para-hydroxylation sites is 2. The zero-order valence-electron chi connectivity index (χ0n) is 14.4. The van der Waals surface area contributed by atoms with Crippen LogP contribution in [0, 0.1) is 5.82 Å². The van der Waals surface area contributed by atoms with Gasteiger partial charge in [0.05, 0.1) is 25.3 Å². The molecule has 7 heteroatoms. The van der Waals surface area contributed by atoms with Crippen LogP contribution in [0.15, 0.2) is 42.5 Å². The Morgan fingerprint density at radius 1 is 1.23 bits per heavy atom. The summed E-state index contributed by atoms with van der Waals surface area (Å²) in [5.74, 6) is -0.692. The van der Waals surface area contributed by atoms with Crippen molar-refractivity contribution in [2.24, 2.45) is 0 Å². The van der Waals surface area contributed by atoms with E-state index >= 15 is 0 Å². The zero-order valence-corrected chi connectivity index (χ0v) is 15.2. The number of nitrogens with zero attached hydrogens (tertiary/aromatic N) is 2. The largest absolute Gasteiger partial charge is 0.495 e. The molecule has 2 amide bonds. The van der Waals surface area contributed by atoms with Gasteiger partial charge in [-0.3, -0.25) is 14.5 Å². The molecule has 136 valence electrons. The number of carbonyl (C=O) groups excluding carboxylic acids is 2. The van der Waals surface area contributed by atoms with Crippen LogP contribution in [0.2, 0.25) is 5.02 Å². The van der Waals surface area contributed by atoms with Gasteiger partial charge < -0.3 is 4.74 Å². The highest BCUT2D eigenvalue weighted by atomic mass is 35.5. The minimum atomic E-state index is -0.692. The Morgan fingerprint density at radius 3 is 2.65 bits per heavy atom. The second-order valence-electron chi connectivity index (χ2n) is 6.07. The predicted molar refractivity (Wildman–Crippen MR) is 96.8 cm³/mol. The molecule has 26 heavy (non-hydrogen) atoms. The summed E-state index contributed by atoms with van der Waals surface area (Å²) in [5.41, 5.74) is 0.706. The van der Waals surface area contributed by atoms with Crippen LogP contribution in [-0.2, 0) is 16.1 Å². The van der Waals surface area contributed by atoms with Crippen molar-refractivity contribution in [1.29, 1.82) is 0 Å². The van der Waals surface area contributed by atoms with Crippen molar-refractivity contribution >= 4 is 29.1 Å². The highest BCUT2D eigenvalue weighted by molar-refractivity contribution is 6.31. The van der Waals surface area contributed by atoms with Crippen LogP contribution >= 0.6 is 11.6 Å². The summed E-state index contributed by atoms with van der Waals surface area (Å²) in [5, 5.41) is 0.287. The Labute approximate surface area is 155 Å². The third-order valence-electron chi connectivity index (χ3n) is 4.45. The second-order valence-corrected chi connectivity index (χ2v) is 6.48. The number of amides is 2. The monoisotopic (exact) mass is 376 g/mol. The molecule has 0 N–H and O–H groups in total. The maximum atomic E-state index is 14.0. The smallest absolute Gasteiger partial charge is 0.251 e. The molecule has 5 nitrogen and oxygen atoms in total. The fraction of sp³-hybridized carbons (Fsp3) is 0.263. The highest BCUT2D eigenvalue weighted by Crippen LogP contribution is 2.33. The van der Waals surface area contributed by atoms with Gasteiger partial charge in [0, 0.05) is 17.1 Å². The quantitative estimate of drug-likeness (QED) is 0.752. The number of hydrogen-bond acceptors (Lipinski definition) is 4. The average molecular weight is 377 g/mol. The van der Waals surface area contributed by atoms with Crippen LogP contribution in [0.25, 0.3) is 0 Å². The summed E-state index contributed by atoms with van der Waals surface area (Å²) in [7, 11) is 3.15. The summed E-state index contributed by atoms with van der Waals surface area (Å²) in [4.78, 5) is 28.1. The second kappa shape index (κ2) is 7.43. The molecule has 0 spiro atoms. The van der Waals surface area contributed by atoms with E-state index in [9.17, 15) is 14.0 Å². The predicted octanol–water partition coefficient (Wildman–Crippen LogP) is 3.25. The van der Waals surface area contributed by atoms with Gasteiger partial charge in [-0.05, 0) is 31.3 Å². The Hall–Kier alpha value is -2.44. The molecule has 0 saturated carbocycles. The van der Waals surface area contributed by atoms with Crippen molar-refractivity contribution in [1.82, 2.24) is 4.90 Å². The van der Waals surface area contributed by atoms with Gasteiger partial charge in [-0.1, -0.05) is 29.8 Å². The molecule has 1 atom stereocenters. The first-order chi connectivity index (χ1) is 12.4. The van der Waals surface area contributed by atoms with Crippen LogP contribution < -0.4 is 9.64 Å². The minimum Gasteiger partial charge on any atom is -0.495 e. The van der Waals surface area contributed by atoms with Crippen molar-refractivity contribution in [2.45, 2.75) is 19.0 Å². The van der Waals surface area contributed by atoms with Gasteiger partial charge in [-0.15, -0.1) is 0 Å². The molecule has 1 aliphatic rings. The van der Waals surface area contributed by atoms with E-state index in [2.05, 4.69) is 0 Å². The lowest BCUT2D eigenvalue weighted by molar-refractivity contribution is -0.122. The maximum Gasteiger partial charge on any atom is 0.251 e. The van der Waals surface area contributed by atoms with Crippen LogP contribution in [0.4, 0.5) is 10.1 Å². The van der Waals surface area contributed by atoms with E-state index in [-0.39, 0.29) is 29.8 Å². The van der Waals surface area contributed by atoms with E-state index in [1.165, 1.54) is 19.2 Å². The van der Waals surface area contributed by atoms with E-state index < -0.39 is 11.9 Å². The molecule has 2 aromatic rings. The van der Waals surface area contributed by atoms with Crippen molar-refractivity contribution in [3.05, 3.63) is 58.9 Å². The highest BCUT2D eigenvalue weighted by Gasteiger charge is 2.42. The first-order valence-corrected chi connectivity index (χ1v) is 8.44. The number of imide groups is 1. The molecule has 0 aliphatic carbocycles. The standard InChI is InChI=1S/C19H18ClFN2O3/c1-22(11-12-13(20)6-5-7-14(12)21)16-10-18(24)23(19(16)25)15-8-3-4-9-17(15)26-2/h3-9,16H,10-11H2,1-2H3. The van der Waals surface area contributed by atoms with Crippen LogP contribution in [0.1, 0.15) is 12.0 Å². The lowest BCUT2D eigenvalue weighted by Gasteiger charge is -2.24. The van der Waals surface area contributed by atoms with Gasteiger partial charge >= 0.3 is 0 Å². The molecule has 1 aliphatic heterocycles. The number of carbonyl (C=O) groups is 2. The molecule has 0 aromatic heterocycles. The summed E-state index contributed by atoms with van der Waals surface area (Å²) < 4.78 is 19.3. The average Bonchev–Trinajstić information content (AvgIpc) is 2.92. The third kappa shape index (κ3) is 3.30.